The van der Waals surface area contributed by atoms with Gasteiger partial charge in [0.05, 0.1) is 17.8 Å². The number of aromatic nitrogens is 1. The molecule has 0 aliphatic carbocycles. The highest BCUT2D eigenvalue weighted by Gasteiger charge is 2.34. The van der Waals surface area contributed by atoms with E-state index < -0.39 is 0 Å². The van der Waals surface area contributed by atoms with Gasteiger partial charge in [0.25, 0.3) is 0 Å². The third kappa shape index (κ3) is 2.63. The molecule has 0 bridgehead atoms. The average molecular weight is 316 g/mol. The molecule has 4 nitrogen and oxygen atoms in total. The fourth-order valence-electron chi connectivity index (χ4n) is 2.90. The van der Waals surface area contributed by atoms with E-state index >= 15 is 0 Å². The zero-order valence-corrected chi connectivity index (χ0v) is 13.4. The first kappa shape index (κ1) is 15.1. The molecule has 1 atom stereocenters. The largest absolute Gasteiger partial charge is 0.381 e. The molecular weight excluding hydrogens is 298 g/mol. The molecule has 114 valence electrons. The monoisotopic (exact) mass is 315 g/mol. The number of nitrogens with one attached hydrogen (secondary N) is 1. The van der Waals surface area contributed by atoms with Gasteiger partial charge in [0.15, 0.2) is 0 Å². The summed E-state index contributed by atoms with van der Waals surface area (Å²) >= 11 is 6.20. The normalized spacial score (nSPS) is 20.5. The van der Waals surface area contributed by atoms with Gasteiger partial charge in [-0.3, -0.25) is 0 Å². The fraction of sp³-hybridized carbons (Fsp3) is 0.412. The van der Waals surface area contributed by atoms with Crippen molar-refractivity contribution in [2.45, 2.75) is 26.3 Å². The minimum absolute atomic E-state index is 0.0121. The molecule has 1 aliphatic rings. The summed E-state index contributed by atoms with van der Waals surface area (Å²) in [5, 5.41) is 14.2. The molecule has 0 radical (unpaired) electrons. The van der Waals surface area contributed by atoms with E-state index in [2.05, 4.69) is 30.2 Å². The van der Waals surface area contributed by atoms with Gasteiger partial charge in [-0.2, -0.15) is 5.26 Å². The van der Waals surface area contributed by atoms with E-state index in [1.54, 1.807) is 0 Å². The maximum absolute atomic E-state index is 9.48. The second-order valence-corrected chi connectivity index (χ2v) is 6.67. The molecule has 5 heteroatoms. The number of benzene rings is 1. The van der Waals surface area contributed by atoms with E-state index in [1.165, 1.54) is 0 Å². The summed E-state index contributed by atoms with van der Waals surface area (Å²) in [6.07, 6.45) is 0.895. The van der Waals surface area contributed by atoms with Gasteiger partial charge in [-0.05, 0) is 12.5 Å². The van der Waals surface area contributed by atoms with Crippen LogP contribution in [0.2, 0.25) is 5.15 Å². The van der Waals surface area contributed by atoms with Crippen LogP contribution in [0.1, 0.15) is 25.8 Å². The molecule has 1 saturated heterocycles. The summed E-state index contributed by atoms with van der Waals surface area (Å²) in [4.78, 5) is 4.31. The van der Waals surface area contributed by atoms with Crippen molar-refractivity contribution in [2.24, 2.45) is 5.41 Å². The Hall–Kier alpha value is -1.83. The molecule has 0 amide bonds. The van der Waals surface area contributed by atoms with Gasteiger partial charge < -0.3 is 10.1 Å². The number of nitrogens with zero attached hydrogens (tertiary/aromatic N) is 2. The maximum Gasteiger partial charge on any atom is 0.149 e. The van der Waals surface area contributed by atoms with Crippen LogP contribution in [0.4, 0.5) is 5.69 Å². The number of pyridine rings is 1. The molecule has 1 aromatic heterocycles. The van der Waals surface area contributed by atoms with E-state index in [0.29, 0.717) is 12.2 Å². The Morgan fingerprint density at radius 1 is 1.41 bits per heavy atom. The van der Waals surface area contributed by atoms with Gasteiger partial charge in [0, 0.05) is 23.4 Å². The Morgan fingerprint density at radius 2 is 2.18 bits per heavy atom. The Morgan fingerprint density at radius 3 is 2.91 bits per heavy atom. The van der Waals surface area contributed by atoms with E-state index in [-0.39, 0.29) is 16.6 Å². The SMILES string of the molecule is CC1(C)COCC[C@H]1Nc1c(C#N)c(Cl)nc2ccccc12. The molecule has 1 fully saturated rings. The highest BCUT2D eigenvalue weighted by molar-refractivity contribution is 6.31. The summed E-state index contributed by atoms with van der Waals surface area (Å²) < 4.78 is 5.58. The summed E-state index contributed by atoms with van der Waals surface area (Å²) in [6.45, 7) is 5.75. The van der Waals surface area contributed by atoms with Crippen molar-refractivity contribution >= 4 is 28.2 Å². The second kappa shape index (κ2) is 5.75. The van der Waals surface area contributed by atoms with Crippen molar-refractivity contribution in [3.05, 3.63) is 35.0 Å². The number of fused-ring (bicyclic) bond motifs is 1. The Bertz CT molecular complexity index is 751. The molecule has 22 heavy (non-hydrogen) atoms. The lowest BCUT2D eigenvalue weighted by molar-refractivity contribution is 0.00350. The molecule has 0 saturated carbocycles. The molecule has 1 aromatic carbocycles. The molecular formula is C17H18ClN3O. The number of hydrogen-bond acceptors (Lipinski definition) is 4. The van der Waals surface area contributed by atoms with Gasteiger partial charge in [0.1, 0.15) is 16.8 Å². The Kier molecular flexibility index (Phi) is 3.94. The number of para-hydroxylation sites is 1. The number of anilines is 1. The third-order valence-electron chi connectivity index (χ3n) is 4.25. The van der Waals surface area contributed by atoms with Crippen LogP contribution < -0.4 is 5.32 Å². The van der Waals surface area contributed by atoms with Gasteiger partial charge in [0.2, 0.25) is 0 Å². The van der Waals surface area contributed by atoms with Crippen LogP contribution in [-0.4, -0.2) is 24.2 Å². The van der Waals surface area contributed by atoms with Crippen LogP contribution in [0, 0.1) is 16.7 Å². The lowest BCUT2D eigenvalue weighted by Crippen LogP contribution is -2.44. The number of rotatable bonds is 2. The average Bonchev–Trinajstić information content (AvgIpc) is 2.49. The van der Waals surface area contributed by atoms with Gasteiger partial charge >= 0.3 is 0 Å². The zero-order chi connectivity index (χ0) is 15.7. The predicted octanol–water partition coefficient (Wildman–Crippen LogP) is 3.99. The smallest absolute Gasteiger partial charge is 0.149 e. The highest BCUT2D eigenvalue weighted by atomic mass is 35.5. The van der Waals surface area contributed by atoms with Gasteiger partial charge in [-0.25, -0.2) is 4.98 Å². The van der Waals surface area contributed by atoms with Crippen molar-refractivity contribution in [2.75, 3.05) is 18.5 Å². The first-order valence-corrected chi connectivity index (χ1v) is 7.73. The third-order valence-corrected chi connectivity index (χ3v) is 4.52. The zero-order valence-electron chi connectivity index (χ0n) is 12.7. The van der Waals surface area contributed by atoms with E-state index in [9.17, 15) is 5.26 Å². The van der Waals surface area contributed by atoms with E-state index in [4.69, 9.17) is 16.3 Å². The molecule has 3 rings (SSSR count). The van der Waals surface area contributed by atoms with Crippen molar-refractivity contribution in [3.8, 4) is 6.07 Å². The highest BCUT2D eigenvalue weighted by Crippen LogP contribution is 2.36. The van der Waals surface area contributed by atoms with Crippen molar-refractivity contribution in [1.82, 2.24) is 4.98 Å². The first-order valence-electron chi connectivity index (χ1n) is 7.35. The summed E-state index contributed by atoms with van der Waals surface area (Å²) in [7, 11) is 0. The standard InChI is InChI=1S/C17H18ClN3O/c1-17(2)10-22-8-7-14(17)21-15-11-5-3-4-6-13(11)20-16(18)12(15)9-19/h3-6,14H,7-8,10H2,1-2H3,(H,20,21)/t14-/m1/s1. The van der Waals surface area contributed by atoms with Crippen LogP contribution in [0.5, 0.6) is 0 Å². The second-order valence-electron chi connectivity index (χ2n) is 6.31. The summed E-state index contributed by atoms with van der Waals surface area (Å²) in [5.74, 6) is 0. The molecule has 2 aromatic rings. The van der Waals surface area contributed by atoms with E-state index in [1.807, 2.05) is 24.3 Å². The number of nitriles is 1. The lowest BCUT2D eigenvalue weighted by Gasteiger charge is -2.39. The number of halogens is 1. The van der Waals surface area contributed by atoms with Crippen LogP contribution in [0.15, 0.2) is 24.3 Å². The fourth-order valence-corrected chi connectivity index (χ4v) is 3.13. The Labute approximate surface area is 135 Å². The summed E-state index contributed by atoms with van der Waals surface area (Å²) in [5.41, 5.74) is 1.96. The predicted molar refractivity (Wildman–Crippen MR) is 88.1 cm³/mol. The lowest BCUT2D eigenvalue weighted by atomic mass is 9.81. The van der Waals surface area contributed by atoms with Gasteiger partial charge in [-0.1, -0.05) is 43.6 Å². The minimum Gasteiger partial charge on any atom is -0.381 e. The topological polar surface area (TPSA) is 57.9 Å². The molecule has 1 N–H and O–H groups in total. The summed E-state index contributed by atoms with van der Waals surface area (Å²) in [6, 6.07) is 10.1. The van der Waals surface area contributed by atoms with Crippen molar-refractivity contribution < 1.29 is 4.74 Å². The van der Waals surface area contributed by atoms with Crippen LogP contribution in [-0.2, 0) is 4.74 Å². The molecule has 0 unspecified atom stereocenters. The first-order chi connectivity index (χ1) is 10.5. The molecule has 0 spiro atoms. The van der Waals surface area contributed by atoms with Crippen LogP contribution >= 0.6 is 11.6 Å². The quantitative estimate of drug-likeness (QED) is 0.851. The van der Waals surface area contributed by atoms with E-state index in [0.717, 1.165) is 29.6 Å². The number of hydrogen-bond donors (Lipinski definition) is 1. The maximum atomic E-state index is 9.48. The van der Waals surface area contributed by atoms with Crippen molar-refractivity contribution in [3.63, 3.8) is 0 Å². The minimum atomic E-state index is -0.0121. The van der Waals surface area contributed by atoms with Crippen LogP contribution in [0.25, 0.3) is 10.9 Å². The van der Waals surface area contributed by atoms with Crippen LogP contribution in [0.3, 0.4) is 0 Å². The molecule has 1 aliphatic heterocycles. The van der Waals surface area contributed by atoms with Gasteiger partial charge in [-0.15, -0.1) is 0 Å². The number of ether oxygens (including phenoxy) is 1. The Balaban J connectivity index is 2.11. The van der Waals surface area contributed by atoms with Crippen molar-refractivity contribution in [1.29, 1.82) is 5.26 Å². The molecule has 2 heterocycles.